The molecular weight excluding hydrogens is 318 g/mol. The topological polar surface area (TPSA) is 54.4 Å². The van der Waals surface area contributed by atoms with Gasteiger partial charge in [0.15, 0.2) is 0 Å². The maximum Gasteiger partial charge on any atom is 0.273 e. The SMILES string of the molecule is CSc1ccc(/C=N/NC(=O)c2cc3ccccc3nc2C)cc1. The zero-order valence-electron chi connectivity index (χ0n) is 13.5. The van der Waals surface area contributed by atoms with Crippen molar-refractivity contribution in [2.75, 3.05) is 6.26 Å². The molecule has 1 heterocycles. The Labute approximate surface area is 145 Å². The van der Waals surface area contributed by atoms with E-state index in [1.54, 1.807) is 18.0 Å². The second-order valence-corrected chi connectivity index (χ2v) is 6.17. The van der Waals surface area contributed by atoms with E-state index in [1.165, 1.54) is 4.90 Å². The first-order chi connectivity index (χ1) is 11.7. The number of thioether (sulfide) groups is 1. The van der Waals surface area contributed by atoms with Gasteiger partial charge in [-0.15, -0.1) is 11.8 Å². The summed E-state index contributed by atoms with van der Waals surface area (Å²) in [6.07, 6.45) is 3.66. The van der Waals surface area contributed by atoms with Gasteiger partial charge in [0.05, 0.1) is 23.0 Å². The van der Waals surface area contributed by atoms with Crippen LogP contribution < -0.4 is 5.43 Å². The molecule has 0 atom stereocenters. The van der Waals surface area contributed by atoms with Gasteiger partial charge in [-0.05, 0) is 43.0 Å². The highest BCUT2D eigenvalue weighted by molar-refractivity contribution is 7.98. The number of carbonyl (C=O) groups excluding carboxylic acids is 1. The number of fused-ring (bicyclic) bond motifs is 1. The van der Waals surface area contributed by atoms with E-state index in [0.29, 0.717) is 11.3 Å². The molecule has 3 aromatic rings. The maximum absolute atomic E-state index is 12.3. The van der Waals surface area contributed by atoms with Crippen LogP contribution in [0.2, 0.25) is 0 Å². The summed E-state index contributed by atoms with van der Waals surface area (Å²) < 4.78 is 0. The lowest BCUT2D eigenvalue weighted by atomic mass is 10.1. The number of hydrogen-bond acceptors (Lipinski definition) is 4. The van der Waals surface area contributed by atoms with Gasteiger partial charge in [-0.25, -0.2) is 5.43 Å². The van der Waals surface area contributed by atoms with E-state index in [-0.39, 0.29) is 5.91 Å². The van der Waals surface area contributed by atoms with E-state index in [2.05, 4.69) is 15.5 Å². The van der Waals surface area contributed by atoms with Crippen LogP contribution in [0.3, 0.4) is 0 Å². The molecule has 1 N–H and O–H groups in total. The molecule has 0 unspecified atom stereocenters. The first-order valence-corrected chi connectivity index (χ1v) is 8.74. The molecule has 0 aliphatic rings. The quantitative estimate of drug-likeness (QED) is 0.445. The molecule has 0 saturated heterocycles. The lowest BCUT2D eigenvalue weighted by molar-refractivity contribution is 0.0954. The minimum atomic E-state index is -0.261. The molecule has 1 aromatic heterocycles. The molecule has 0 spiro atoms. The van der Waals surface area contributed by atoms with Crippen LogP contribution in [0, 0.1) is 6.92 Å². The van der Waals surface area contributed by atoms with E-state index in [4.69, 9.17) is 0 Å². The Bertz CT molecular complexity index is 904. The fourth-order valence-corrected chi connectivity index (χ4v) is 2.77. The van der Waals surface area contributed by atoms with Crippen molar-refractivity contribution in [2.45, 2.75) is 11.8 Å². The minimum Gasteiger partial charge on any atom is -0.267 e. The van der Waals surface area contributed by atoms with Crippen molar-refractivity contribution in [3.05, 3.63) is 71.4 Å². The number of rotatable bonds is 4. The summed E-state index contributed by atoms with van der Waals surface area (Å²) in [5, 5.41) is 4.97. The van der Waals surface area contributed by atoms with E-state index >= 15 is 0 Å². The molecule has 0 saturated carbocycles. The summed E-state index contributed by atoms with van der Waals surface area (Å²) >= 11 is 1.68. The molecule has 0 radical (unpaired) electrons. The van der Waals surface area contributed by atoms with Crippen molar-refractivity contribution in [1.29, 1.82) is 0 Å². The number of nitrogens with one attached hydrogen (secondary N) is 1. The zero-order chi connectivity index (χ0) is 16.9. The van der Waals surface area contributed by atoms with E-state index in [1.807, 2.05) is 67.8 Å². The first-order valence-electron chi connectivity index (χ1n) is 7.51. The summed E-state index contributed by atoms with van der Waals surface area (Å²) in [5.74, 6) is -0.261. The molecule has 0 aliphatic heterocycles. The van der Waals surface area contributed by atoms with E-state index < -0.39 is 0 Å². The number of para-hydroxylation sites is 1. The molecule has 1 amide bonds. The van der Waals surface area contributed by atoms with E-state index in [0.717, 1.165) is 16.5 Å². The second-order valence-electron chi connectivity index (χ2n) is 5.29. The number of carbonyl (C=O) groups is 1. The second kappa shape index (κ2) is 7.27. The van der Waals surface area contributed by atoms with Gasteiger partial charge in [-0.3, -0.25) is 9.78 Å². The third-order valence-corrected chi connectivity index (χ3v) is 4.40. The highest BCUT2D eigenvalue weighted by Crippen LogP contribution is 2.16. The Hall–Kier alpha value is -2.66. The van der Waals surface area contributed by atoms with Gasteiger partial charge < -0.3 is 0 Å². The van der Waals surface area contributed by atoms with Crippen molar-refractivity contribution in [3.63, 3.8) is 0 Å². The van der Waals surface area contributed by atoms with Crippen LogP contribution in [0.4, 0.5) is 0 Å². The molecule has 0 fully saturated rings. The normalized spacial score (nSPS) is 11.1. The van der Waals surface area contributed by atoms with Gasteiger partial charge in [-0.2, -0.15) is 5.10 Å². The molecule has 3 rings (SSSR count). The lowest BCUT2D eigenvalue weighted by Crippen LogP contribution is -2.19. The summed E-state index contributed by atoms with van der Waals surface area (Å²) in [4.78, 5) is 18.0. The molecular formula is C19H17N3OS. The fourth-order valence-electron chi connectivity index (χ4n) is 2.36. The van der Waals surface area contributed by atoms with Gasteiger partial charge in [-0.1, -0.05) is 30.3 Å². The van der Waals surface area contributed by atoms with Crippen LogP contribution in [0.25, 0.3) is 10.9 Å². The third-order valence-electron chi connectivity index (χ3n) is 3.65. The average Bonchev–Trinajstić information content (AvgIpc) is 2.61. The van der Waals surface area contributed by atoms with Crippen LogP contribution in [0.15, 0.2) is 64.6 Å². The number of pyridine rings is 1. The predicted molar refractivity (Wildman–Crippen MR) is 99.8 cm³/mol. The van der Waals surface area contributed by atoms with Crippen molar-refractivity contribution < 1.29 is 4.79 Å². The molecule has 0 bridgehead atoms. The lowest BCUT2D eigenvalue weighted by Gasteiger charge is -2.06. The number of aryl methyl sites for hydroxylation is 1. The summed E-state index contributed by atoms with van der Waals surface area (Å²) in [7, 11) is 0. The van der Waals surface area contributed by atoms with Crippen molar-refractivity contribution in [2.24, 2.45) is 5.10 Å². The Morgan fingerprint density at radius 2 is 1.92 bits per heavy atom. The van der Waals surface area contributed by atoms with Crippen LogP contribution >= 0.6 is 11.8 Å². The monoisotopic (exact) mass is 335 g/mol. The molecule has 5 heteroatoms. The van der Waals surface area contributed by atoms with Gasteiger partial charge in [0, 0.05) is 10.3 Å². The predicted octanol–water partition coefficient (Wildman–Crippen LogP) is 4.03. The fraction of sp³-hybridized carbons (Fsp3) is 0.105. The number of aromatic nitrogens is 1. The molecule has 24 heavy (non-hydrogen) atoms. The summed E-state index contributed by atoms with van der Waals surface area (Å²) in [5.41, 5.74) is 5.59. The summed E-state index contributed by atoms with van der Waals surface area (Å²) in [6, 6.07) is 17.5. The molecule has 120 valence electrons. The van der Waals surface area contributed by atoms with Crippen LogP contribution in [0.5, 0.6) is 0 Å². The maximum atomic E-state index is 12.3. The Balaban J connectivity index is 1.74. The van der Waals surface area contributed by atoms with Crippen LogP contribution in [-0.2, 0) is 0 Å². The van der Waals surface area contributed by atoms with Gasteiger partial charge in [0.25, 0.3) is 5.91 Å². The van der Waals surface area contributed by atoms with Crippen LogP contribution in [0.1, 0.15) is 21.6 Å². The number of nitrogens with zero attached hydrogens (tertiary/aromatic N) is 2. The Morgan fingerprint density at radius 3 is 2.67 bits per heavy atom. The zero-order valence-corrected chi connectivity index (χ0v) is 14.3. The average molecular weight is 335 g/mol. The minimum absolute atomic E-state index is 0.261. The molecule has 2 aromatic carbocycles. The van der Waals surface area contributed by atoms with Gasteiger partial charge in [0.1, 0.15) is 0 Å². The molecule has 0 aliphatic carbocycles. The molecule has 4 nitrogen and oxygen atoms in total. The largest absolute Gasteiger partial charge is 0.273 e. The van der Waals surface area contributed by atoms with E-state index in [9.17, 15) is 4.79 Å². The highest BCUT2D eigenvalue weighted by atomic mass is 32.2. The number of hydrogen-bond donors (Lipinski definition) is 1. The Morgan fingerprint density at radius 1 is 1.17 bits per heavy atom. The summed E-state index contributed by atoms with van der Waals surface area (Å²) in [6.45, 7) is 1.83. The van der Waals surface area contributed by atoms with Crippen molar-refractivity contribution in [3.8, 4) is 0 Å². The number of amides is 1. The Kier molecular flexibility index (Phi) is 4.91. The third kappa shape index (κ3) is 3.63. The number of hydrazone groups is 1. The van der Waals surface area contributed by atoms with Crippen molar-refractivity contribution >= 4 is 34.8 Å². The van der Waals surface area contributed by atoms with Gasteiger partial charge in [0.2, 0.25) is 0 Å². The smallest absolute Gasteiger partial charge is 0.267 e. The van der Waals surface area contributed by atoms with Gasteiger partial charge >= 0.3 is 0 Å². The first kappa shape index (κ1) is 16.2. The standard InChI is InChI=1S/C19H17N3OS/c1-13-17(11-15-5-3-4-6-18(15)21-13)19(23)22-20-12-14-7-9-16(24-2)10-8-14/h3-12H,1-2H3,(H,22,23)/b20-12+. The van der Waals surface area contributed by atoms with Crippen molar-refractivity contribution in [1.82, 2.24) is 10.4 Å². The highest BCUT2D eigenvalue weighted by Gasteiger charge is 2.10. The number of benzene rings is 2. The van der Waals surface area contributed by atoms with Crippen LogP contribution in [-0.4, -0.2) is 23.4 Å².